The Bertz CT molecular complexity index is 705. The van der Waals surface area contributed by atoms with Crippen molar-refractivity contribution in [2.75, 3.05) is 13.2 Å². The molecule has 2 rings (SSSR count). The summed E-state index contributed by atoms with van der Waals surface area (Å²) in [6, 6.07) is 3.38. The second-order valence-electron chi connectivity index (χ2n) is 4.30. The maximum absolute atomic E-state index is 11.7. The van der Waals surface area contributed by atoms with E-state index in [2.05, 4.69) is 21.2 Å². The van der Waals surface area contributed by atoms with Crippen molar-refractivity contribution in [3.63, 3.8) is 0 Å². The molecule has 0 saturated carbocycles. The number of carbonyl (C=O) groups is 2. The second kappa shape index (κ2) is 7.80. The normalized spacial score (nSPS) is 15.7. The standard InChI is InChI=1S/C14H12BrNO5S2/c1-2-20-9-4-7(5-10-13(19)16-14(22)23-10)3-8(15)12(9)21-6-11(17)18/h3-5H,2,6H2,1H3,(H,17,18)(H,16,19,22)/b10-5-. The van der Waals surface area contributed by atoms with E-state index in [-0.39, 0.29) is 5.91 Å². The molecule has 6 nitrogen and oxygen atoms in total. The van der Waals surface area contributed by atoms with Crippen LogP contribution in [0.25, 0.3) is 6.08 Å². The van der Waals surface area contributed by atoms with Gasteiger partial charge in [-0.15, -0.1) is 0 Å². The number of halogens is 1. The molecule has 9 heteroatoms. The number of carbonyl (C=O) groups excluding carboxylic acids is 1. The number of carboxylic acids is 1. The minimum absolute atomic E-state index is 0.250. The van der Waals surface area contributed by atoms with Gasteiger partial charge in [-0.3, -0.25) is 4.79 Å². The molecule has 1 aliphatic heterocycles. The average Bonchev–Trinajstić information content (AvgIpc) is 2.76. The highest BCUT2D eigenvalue weighted by Crippen LogP contribution is 2.38. The van der Waals surface area contributed by atoms with E-state index in [1.54, 1.807) is 25.1 Å². The Hall–Kier alpha value is -1.58. The first-order valence-corrected chi connectivity index (χ1v) is 8.48. The van der Waals surface area contributed by atoms with Crippen LogP contribution >= 0.6 is 39.9 Å². The third kappa shape index (κ3) is 4.69. The number of thiocarbonyl (C=S) groups is 1. The lowest BCUT2D eigenvalue weighted by molar-refractivity contribution is -0.139. The monoisotopic (exact) mass is 417 g/mol. The van der Waals surface area contributed by atoms with E-state index < -0.39 is 12.6 Å². The van der Waals surface area contributed by atoms with Gasteiger partial charge in [0.25, 0.3) is 5.91 Å². The van der Waals surface area contributed by atoms with Gasteiger partial charge >= 0.3 is 5.97 Å². The Kier molecular flexibility index (Phi) is 6.03. The Labute approximate surface area is 150 Å². The number of ether oxygens (including phenoxy) is 2. The molecule has 0 aliphatic carbocycles. The fourth-order valence-corrected chi connectivity index (χ4v) is 3.40. The van der Waals surface area contributed by atoms with Gasteiger partial charge in [0.15, 0.2) is 18.1 Å². The summed E-state index contributed by atoms with van der Waals surface area (Å²) in [6.07, 6.45) is 1.67. The number of carboxylic acid groups (broad SMARTS) is 1. The summed E-state index contributed by atoms with van der Waals surface area (Å²) in [5, 5.41) is 11.3. The Morgan fingerprint density at radius 2 is 2.22 bits per heavy atom. The number of thioether (sulfide) groups is 1. The lowest BCUT2D eigenvalue weighted by Crippen LogP contribution is -2.17. The van der Waals surface area contributed by atoms with Crippen LogP contribution in [-0.2, 0) is 9.59 Å². The van der Waals surface area contributed by atoms with E-state index in [1.165, 1.54) is 11.8 Å². The maximum atomic E-state index is 11.7. The number of amides is 1. The highest BCUT2D eigenvalue weighted by molar-refractivity contribution is 9.10. The molecular formula is C14H12BrNO5S2. The highest BCUT2D eigenvalue weighted by atomic mass is 79.9. The van der Waals surface area contributed by atoms with Crippen molar-refractivity contribution in [2.45, 2.75) is 6.92 Å². The predicted octanol–water partition coefficient (Wildman–Crippen LogP) is 2.80. The van der Waals surface area contributed by atoms with Crippen LogP contribution in [0.15, 0.2) is 21.5 Å². The molecular weight excluding hydrogens is 406 g/mol. The third-order valence-corrected chi connectivity index (χ3v) is 4.36. The van der Waals surface area contributed by atoms with Gasteiger partial charge < -0.3 is 19.9 Å². The molecule has 1 heterocycles. The van der Waals surface area contributed by atoms with Gasteiger partial charge in [-0.05, 0) is 46.6 Å². The first kappa shape index (κ1) is 17.8. The van der Waals surface area contributed by atoms with Crippen molar-refractivity contribution in [3.8, 4) is 11.5 Å². The lowest BCUT2D eigenvalue weighted by Gasteiger charge is -2.13. The SMILES string of the molecule is CCOc1cc(/C=C2\SC(=S)NC2=O)cc(Br)c1OCC(=O)O. The van der Waals surface area contributed by atoms with E-state index in [9.17, 15) is 9.59 Å². The van der Waals surface area contributed by atoms with Crippen molar-refractivity contribution >= 4 is 62.2 Å². The summed E-state index contributed by atoms with van der Waals surface area (Å²) >= 11 is 9.46. The van der Waals surface area contributed by atoms with Gasteiger partial charge in [0.1, 0.15) is 4.32 Å². The average molecular weight is 418 g/mol. The van der Waals surface area contributed by atoms with Crippen molar-refractivity contribution in [2.24, 2.45) is 0 Å². The maximum Gasteiger partial charge on any atom is 0.341 e. The van der Waals surface area contributed by atoms with E-state index in [0.29, 0.717) is 37.4 Å². The topological polar surface area (TPSA) is 84.9 Å². The molecule has 0 aromatic heterocycles. The Morgan fingerprint density at radius 3 is 2.78 bits per heavy atom. The molecule has 0 unspecified atom stereocenters. The summed E-state index contributed by atoms with van der Waals surface area (Å²) in [5.74, 6) is -0.644. The summed E-state index contributed by atoms with van der Waals surface area (Å²) < 4.78 is 11.7. The zero-order valence-corrected chi connectivity index (χ0v) is 15.1. The molecule has 1 aromatic carbocycles. The summed E-state index contributed by atoms with van der Waals surface area (Å²) in [5.41, 5.74) is 0.699. The van der Waals surface area contributed by atoms with Gasteiger partial charge in [-0.1, -0.05) is 24.0 Å². The van der Waals surface area contributed by atoms with Crippen LogP contribution in [0.4, 0.5) is 0 Å². The minimum atomic E-state index is -1.09. The zero-order valence-electron chi connectivity index (χ0n) is 11.9. The first-order valence-electron chi connectivity index (χ1n) is 6.46. The second-order valence-corrected chi connectivity index (χ2v) is 6.87. The highest BCUT2D eigenvalue weighted by Gasteiger charge is 2.22. The van der Waals surface area contributed by atoms with Crippen LogP contribution in [0.3, 0.4) is 0 Å². The number of hydrogen-bond acceptors (Lipinski definition) is 6. The number of hydrogen-bond donors (Lipinski definition) is 2. The summed E-state index contributed by atoms with van der Waals surface area (Å²) in [6.45, 7) is 1.71. The van der Waals surface area contributed by atoms with Gasteiger partial charge in [0, 0.05) is 0 Å². The number of aliphatic carboxylic acids is 1. The van der Waals surface area contributed by atoms with Crippen molar-refractivity contribution in [1.82, 2.24) is 5.32 Å². The molecule has 0 radical (unpaired) electrons. The number of rotatable bonds is 6. The van der Waals surface area contributed by atoms with Crippen LogP contribution < -0.4 is 14.8 Å². The number of benzene rings is 1. The van der Waals surface area contributed by atoms with Gasteiger partial charge in [-0.2, -0.15) is 0 Å². The van der Waals surface area contributed by atoms with Gasteiger partial charge in [0.2, 0.25) is 0 Å². The fourth-order valence-electron chi connectivity index (χ4n) is 1.78. The third-order valence-electron chi connectivity index (χ3n) is 2.61. The van der Waals surface area contributed by atoms with Crippen molar-refractivity contribution in [3.05, 3.63) is 27.1 Å². The summed E-state index contributed by atoms with van der Waals surface area (Å²) in [7, 11) is 0. The molecule has 0 atom stereocenters. The molecule has 1 fully saturated rings. The Morgan fingerprint density at radius 1 is 1.48 bits per heavy atom. The largest absolute Gasteiger partial charge is 0.490 e. The van der Waals surface area contributed by atoms with Crippen LogP contribution in [0.2, 0.25) is 0 Å². The summed E-state index contributed by atoms with van der Waals surface area (Å²) in [4.78, 5) is 22.9. The van der Waals surface area contributed by atoms with Crippen molar-refractivity contribution in [1.29, 1.82) is 0 Å². The van der Waals surface area contributed by atoms with Gasteiger partial charge in [-0.25, -0.2) is 4.79 Å². The van der Waals surface area contributed by atoms with E-state index in [4.69, 9.17) is 26.8 Å². The molecule has 1 aliphatic rings. The smallest absolute Gasteiger partial charge is 0.341 e. The Balaban J connectivity index is 2.35. The quantitative estimate of drug-likeness (QED) is 0.543. The lowest BCUT2D eigenvalue weighted by atomic mass is 10.2. The van der Waals surface area contributed by atoms with Gasteiger partial charge in [0.05, 0.1) is 16.0 Å². The number of nitrogens with one attached hydrogen (secondary N) is 1. The van der Waals surface area contributed by atoms with E-state index in [0.717, 1.165) is 0 Å². The first-order chi connectivity index (χ1) is 10.9. The molecule has 0 spiro atoms. The van der Waals surface area contributed by atoms with Crippen LogP contribution in [0, 0.1) is 0 Å². The van der Waals surface area contributed by atoms with Crippen LogP contribution in [0.5, 0.6) is 11.5 Å². The fraction of sp³-hybridized carbons (Fsp3) is 0.214. The zero-order chi connectivity index (χ0) is 17.0. The molecule has 2 N–H and O–H groups in total. The molecule has 1 aromatic rings. The molecule has 122 valence electrons. The molecule has 0 bridgehead atoms. The van der Waals surface area contributed by atoms with Crippen molar-refractivity contribution < 1.29 is 24.2 Å². The van der Waals surface area contributed by atoms with E-state index in [1.807, 2.05) is 0 Å². The molecule has 1 saturated heterocycles. The molecule has 23 heavy (non-hydrogen) atoms. The van der Waals surface area contributed by atoms with E-state index >= 15 is 0 Å². The van der Waals surface area contributed by atoms with Crippen LogP contribution in [-0.4, -0.2) is 34.5 Å². The van der Waals surface area contributed by atoms with Crippen LogP contribution in [0.1, 0.15) is 12.5 Å². The predicted molar refractivity (Wildman–Crippen MR) is 94.8 cm³/mol. The minimum Gasteiger partial charge on any atom is -0.490 e. The molecule has 1 amide bonds.